The van der Waals surface area contributed by atoms with Crippen LogP contribution < -0.4 is 0 Å². The summed E-state index contributed by atoms with van der Waals surface area (Å²) in [5.74, 6) is -4.86. The third-order valence-corrected chi connectivity index (χ3v) is 8.64. The molecule has 1 saturated carbocycles. The summed E-state index contributed by atoms with van der Waals surface area (Å²) in [5.41, 5.74) is 0. The number of ketones is 1. The zero-order valence-corrected chi connectivity index (χ0v) is 22.2. The number of hydrogen-bond donors (Lipinski definition) is 3. The van der Waals surface area contributed by atoms with Gasteiger partial charge in [0.05, 0.1) is 18.3 Å². The highest BCUT2D eigenvalue weighted by molar-refractivity contribution is 6.39. The van der Waals surface area contributed by atoms with Crippen molar-refractivity contribution in [3.63, 3.8) is 0 Å². The first-order valence-electron chi connectivity index (χ1n) is 13.8. The number of aliphatic hydroxyl groups excluding tert-OH is 2. The van der Waals surface area contributed by atoms with Gasteiger partial charge >= 0.3 is 5.97 Å². The Hall–Kier alpha value is -1.55. The molecule has 206 valence electrons. The van der Waals surface area contributed by atoms with Crippen LogP contribution >= 0.6 is 0 Å². The number of aliphatic hydroxyl groups is 3. The molecule has 3 fully saturated rings. The van der Waals surface area contributed by atoms with Crippen molar-refractivity contribution < 1.29 is 39.2 Å². The van der Waals surface area contributed by atoms with E-state index in [4.69, 9.17) is 9.47 Å². The maximum atomic E-state index is 13.3. The van der Waals surface area contributed by atoms with Gasteiger partial charge in [-0.05, 0) is 83.0 Å². The van der Waals surface area contributed by atoms with E-state index < -0.39 is 53.7 Å². The van der Waals surface area contributed by atoms with Crippen LogP contribution in [-0.4, -0.2) is 80.7 Å². The van der Waals surface area contributed by atoms with Gasteiger partial charge in [0.2, 0.25) is 5.79 Å². The van der Waals surface area contributed by atoms with E-state index in [1.165, 1.54) is 4.90 Å². The number of amides is 1. The van der Waals surface area contributed by atoms with Gasteiger partial charge < -0.3 is 29.7 Å². The lowest BCUT2D eigenvalue weighted by molar-refractivity contribution is -0.263. The molecule has 0 aromatic carbocycles. The van der Waals surface area contributed by atoms with Crippen molar-refractivity contribution >= 4 is 17.7 Å². The fourth-order valence-corrected chi connectivity index (χ4v) is 5.85. The van der Waals surface area contributed by atoms with Crippen LogP contribution in [0.2, 0.25) is 0 Å². The number of rotatable bonds is 8. The summed E-state index contributed by atoms with van der Waals surface area (Å²) in [6.07, 6.45) is 4.30. The van der Waals surface area contributed by atoms with Crippen LogP contribution in [0.3, 0.4) is 0 Å². The predicted molar refractivity (Wildman–Crippen MR) is 132 cm³/mol. The molecule has 1 aliphatic carbocycles. The minimum absolute atomic E-state index is 0.0268. The smallest absolute Gasteiger partial charge is 0.329 e. The Kier molecular flexibility index (Phi) is 9.94. The maximum Gasteiger partial charge on any atom is 0.329 e. The first-order chi connectivity index (χ1) is 17.0. The van der Waals surface area contributed by atoms with Gasteiger partial charge in [-0.15, -0.1) is 0 Å². The van der Waals surface area contributed by atoms with Gasteiger partial charge in [-0.1, -0.05) is 20.8 Å². The van der Waals surface area contributed by atoms with E-state index in [1.54, 1.807) is 6.92 Å². The normalized spacial score (nSPS) is 37.1. The Morgan fingerprint density at radius 3 is 2.44 bits per heavy atom. The van der Waals surface area contributed by atoms with Crippen molar-refractivity contribution in [2.45, 2.75) is 128 Å². The van der Waals surface area contributed by atoms with Gasteiger partial charge in [0.15, 0.2) is 0 Å². The van der Waals surface area contributed by atoms with Gasteiger partial charge in [0, 0.05) is 12.5 Å². The minimum atomic E-state index is -2.18. The highest BCUT2D eigenvalue weighted by Gasteiger charge is 2.52. The molecule has 0 bridgehead atoms. The predicted octanol–water partition coefficient (Wildman–Crippen LogP) is 2.33. The zero-order chi connectivity index (χ0) is 26.6. The maximum absolute atomic E-state index is 13.3. The summed E-state index contributed by atoms with van der Waals surface area (Å²) in [4.78, 5) is 40.9. The van der Waals surface area contributed by atoms with Crippen molar-refractivity contribution in [3.8, 4) is 0 Å². The molecule has 3 aliphatic rings. The average Bonchev–Trinajstić information content (AvgIpc) is 2.86. The molecule has 1 amide bonds. The Balaban J connectivity index is 1.62. The summed E-state index contributed by atoms with van der Waals surface area (Å²) in [7, 11) is 0. The van der Waals surface area contributed by atoms with Crippen LogP contribution in [0.4, 0.5) is 0 Å². The summed E-state index contributed by atoms with van der Waals surface area (Å²) in [6, 6.07) is -0.874. The van der Waals surface area contributed by atoms with Crippen LogP contribution in [-0.2, 0) is 23.9 Å². The quantitative estimate of drug-likeness (QED) is 0.334. The number of likely N-dealkylation sites (tertiary alicyclic amines) is 1. The molecule has 3 N–H and O–H groups in total. The highest BCUT2D eigenvalue weighted by atomic mass is 16.6. The Labute approximate surface area is 214 Å². The van der Waals surface area contributed by atoms with Crippen molar-refractivity contribution in [2.24, 2.45) is 17.8 Å². The third kappa shape index (κ3) is 6.47. The van der Waals surface area contributed by atoms with Gasteiger partial charge in [-0.3, -0.25) is 9.59 Å². The van der Waals surface area contributed by atoms with E-state index in [0.29, 0.717) is 38.5 Å². The standard InChI is InChI=1S/C27H45NO8/c1-5-20-11-9-17(3)27(34,36-20)24(31)25(32)28-13-7-6-8-21(28)26(33)35-18(4)16(2)14-19-10-12-22(29)23(30)15-19/h16-23,29-30,34H,5-15H2,1-4H3/t16-,17-,18+,19+,20?,21+,22-,23-,27-/m1/s1. The number of carbonyl (C=O) groups is 3. The second-order valence-electron chi connectivity index (χ2n) is 11.3. The highest BCUT2D eigenvalue weighted by Crippen LogP contribution is 2.35. The van der Waals surface area contributed by atoms with Crippen molar-refractivity contribution in [1.29, 1.82) is 0 Å². The number of nitrogens with zero attached hydrogens (tertiary/aromatic N) is 1. The molecule has 2 saturated heterocycles. The molecule has 9 nitrogen and oxygen atoms in total. The van der Waals surface area contributed by atoms with Gasteiger partial charge in [-0.2, -0.15) is 0 Å². The molecule has 9 atom stereocenters. The number of Topliss-reactive ketones (excluding diaryl/α,β-unsaturated/α-hetero) is 1. The lowest BCUT2D eigenvalue weighted by Gasteiger charge is -2.42. The molecule has 2 heterocycles. The van der Waals surface area contributed by atoms with Crippen molar-refractivity contribution in [1.82, 2.24) is 4.90 Å². The molecule has 36 heavy (non-hydrogen) atoms. The van der Waals surface area contributed by atoms with Crippen LogP contribution in [0, 0.1) is 17.8 Å². The van der Waals surface area contributed by atoms with Crippen LogP contribution in [0.15, 0.2) is 0 Å². The number of esters is 1. The second kappa shape index (κ2) is 12.3. The molecule has 3 rings (SSSR count). The summed E-state index contributed by atoms with van der Waals surface area (Å²) in [6.45, 7) is 7.67. The molecule has 0 spiro atoms. The average molecular weight is 512 g/mol. The van der Waals surface area contributed by atoms with E-state index in [0.717, 1.165) is 25.7 Å². The number of hydrogen-bond acceptors (Lipinski definition) is 8. The Morgan fingerprint density at radius 2 is 1.78 bits per heavy atom. The fraction of sp³-hybridized carbons (Fsp3) is 0.889. The van der Waals surface area contributed by atoms with E-state index >= 15 is 0 Å². The van der Waals surface area contributed by atoms with Gasteiger partial charge in [-0.25, -0.2) is 4.79 Å². The van der Waals surface area contributed by atoms with E-state index in [2.05, 4.69) is 0 Å². The first-order valence-corrected chi connectivity index (χ1v) is 13.8. The first kappa shape index (κ1) is 29.0. The zero-order valence-electron chi connectivity index (χ0n) is 22.2. The topological polar surface area (TPSA) is 134 Å². The molecule has 1 unspecified atom stereocenters. The van der Waals surface area contributed by atoms with E-state index in [1.807, 2.05) is 20.8 Å². The minimum Gasteiger partial charge on any atom is -0.461 e. The van der Waals surface area contributed by atoms with E-state index in [-0.39, 0.29) is 24.5 Å². The summed E-state index contributed by atoms with van der Waals surface area (Å²) < 4.78 is 11.5. The second-order valence-corrected chi connectivity index (χ2v) is 11.3. The third-order valence-electron chi connectivity index (χ3n) is 8.64. The summed E-state index contributed by atoms with van der Waals surface area (Å²) >= 11 is 0. The molecule has 0 aromatic heterocycles. The van der Waals surface area contributed by atoms with Crippen LogP contribution in [0.5, 0.6) is 0 Å². The Morgan fingerprint density at radius 1 is 1.06 bits per heavy atom. The SMILES string of the molecule is CCC1CC[C@@H](C)[C@](O)(C(=O)C(=O)N2CCCC[C@H]2C(=O)O[C@@H](C)[C@H](C)C[C@@H]2CC[C@@H](O)[C@H](O)C2)O1. The fourth-order valence-electron chi connectivity index (χ4n) is 5.85. The molecule has 2 aliphatic heterocycles. The summed E-state index contributed by atoms with van der Waals surface area (Å²) in [5, 5.41) is 30.8. The molecular weight excluding hydrogens is 466 g/mol. The number of carbonyl (C=O) groups excluding carboxylic acids is 3. The molecule has 9 heteroatoms. The molecule has 0 radical (unpaired) electrons. The van der Waals surface area contributed by atoms with E-state index in [9.17, 15) is 29.7 Å². The largest absolute Gasteiger partial charge is 0.461 e. The van der Waals surface area contributed by atoms with Crippen molar-refractivity contribution in [3.05, 3.63) is 0 Å². The lowest BCUT2D eigenvalue weighted by atomic mass is 9.79. The van der Waals surface area contributed by atoms with Gasteiger partial charge in [0.1, 0.15) is 12.1 Å². The lowest BCUT2D eigenvalue weighted by Crippen LogP contribution is -2.60. The number of ether oxygens (including phenoxy) is 2. The number of piperidine rings is 1. The monoisotopic (exact) mass is 511 g/mol. The molecule has 0 aromatic rings. The van der Waals surface area contributed by atoms with Crippen LogP contribution in [0.25, 0.3) is 0 Å². The van der Waals surface area contributed by atoms with Gasteiger partial charge in [0.25, 0.3) is 11.7 Å². The van der Waals surface area contributed by atoms with Crippen LogP contribution in [0.1, 0.15) is 91.9 Å². The van der Waals surface area contributed by atoms with Crippen molar-refractivity contribution in [2.75, 3.05) is 6.54 Å². The molecular formula is C27H45NO8. The Bertz CT molecular complexity index is 790.